The van der Waals surface area contributed by atoms with Crippen LogP contribution in [0.2, 0.25) is 0 Å². The highest BCUT2D eigenvalue weighted by atomic mass is 16.4. The molecule has 0 saturated carbocycles. The van der Waals surface area contributed by atoms with E-state index < -0.39 is 5.97 Å². The van der Waals surface area contributed by atoms with Crippen molar-refractivity contribution in [1.82, 2.24) is 4.98 Å². The Morgan fingerprint density at radius 2 is 2.12 bits per heavy atom. The molecule has 0 unspecified atom stereocenters. The Morgan fingerprint density at radius 3 is 2.56 bits per heavy atom. The van der Waals surface area contributed by atoms with Crippen LogP contribution in [0.15, 0.2) is 34.6 Å². The quantitative estimate of drug-likeness (QED) is 0.363. The third kappa shape index (κ3) is 9.65. The van der Waals surface area contributed by atoms with Crippen LogP contribution in [0.3, 0.4) is 0 Å². The molecule has 7 heteroatoms. The Kier molecular flexibility index (Phi) is 6.71. The van der Waals surface area contributed by atoms with Gasteiger partial charge in [0.15, 0.2) is 0 Å². The summed E-state index contributed by atoms with van der Waals surface area (Å²) in [6.07, 6.45) is 3.14. The van der Waals surface area contributed by atoms with E-state index in [-0.39, 0.29) is 5.96 Å². The van der Waals surface area contributed by atoms with Gasteiger partial charge in [-0.05, 0) is 12.1 Å². The molecule has 0 aliphatic rings. The smallest absolute Gasteiger partial charge is 0.300 e. The van der Waals surface area contributed by atoms with Crippen molar-refractivity contribution in [2.45, 2.75) is 6.92 Å². The number of carboxylic acids is 1. The van der Waals surface area contributed by atoms with E-state index in [2.05, 4.69) is 15.2 Å². The monoisotopic (exact) mass is 223 g/mol. The number of hydrogen-bond acceptors (Lipinski definition) is 4. The van der Waals surface area contributed by atoms with Gasteiger partial charge in [-0.3, -0.25) is 9.78 Å². The summed E-state index contributed by atoms with van der Waals surface area (Å²) >= 11 is 0. The molecule has 1 rings (SSSR count). The van der Waals surface area contributed by atoms with Crippen molar-refractivity contribution in [3.8, 4) is 0 Å². The molecule has 0 saturated heterocycles. The average molecular weight is 223 g/mol. The molecule has 1 heterocycles. The summed E-state index contributed by atoms with van der Waals surface area (Å²) in [5.41, 5.74) is 10.8. The molecule has 0 radical (unpaired) electrons. The second-order valence-corrected chi connectivity index (χ2v) is 2.54. The van der Waals surface area contributed by atoms with Crippen LogP contribution in [0.1, 0.15) is 12.6 Å². The van der Waals surface area contributed by atoms with Gasteiger partial charge in [0.25, 0.3) is 5.97 Å². The summed E-state index contributed by atoms with van der Waals surface area (Å²) < 4.78 is 0. The number of carboxylic acid groups (broad SMARTS) is 1. The number of rotatable bonds is 2. The van der Waals surface area contributed by atoms with E-state index in [0.717, 1.165) is 6.92 Å². The largest absolute Gasteiger partial charge is 0.481 e. The van der Waals surface area contributed by atoms with Gasteiger partial charge in [-0.2, -0.15) is 5.10 Å². The van der Waals surface area contributed by atoms with E-state index in [9.17, 15) is 0 Å². The Balaban J connectivity index is 0.000000487. The summed E-state index contributed by atoms with van der Waals surface area (Å²) in [7, 11) is 0. The maximum atomic E-state index is 9.00. The molecular formula is C9H13N5O2. The molecular weight excluding hydrogens is 210 g/mol. The van der Waals surface area contributed by atoms with Crippen molar-refractivity contribution in [1.29, 1.82) is 0 Å². The van der Waals surface area contributed by atoms with E-state index in [1.165, 1.54) is 6.21 Å². The van der Waals surface area contributed by atoms with Crippen LogP contribution < -0.4 is 11.5 Å². The van der Waals surface area contributed by atoms with Crippen LogP contribution in [0.4, 0.5) is 0 Å². The molecule has 0 spiro atoms. The summed E-state index contributed by atoms with van der Waals surface area (Å²) in [4.78, 5) is 13.0. The zero-order chi connectivity index (χ0) is 12.4. The van der Waals surface area contributed by atoms with Gasteiger partial charge in [0.1, 0.15) is 0 Å². The molecule has 0 bridgehead atoms. The van der Waals surface area contributed by atoms with Crippen molar-refractivity contribution in [3.05, 3.63) is 30.1 Å². The van der Waals surface area contributed by atoms with E-state index in [1.54, 1.807) is 12.3 Å². The number of carbonyl (C=O) groups is 1. The van der Waals surface area contributed by atoms with Gasteiger partial charge in [-0.15, -0.1) is 5.10 Å². The molecule has 1 aromatic rings. The lowest BCUT2D eigenvalue weighted by molar-refractivity contribution is -0.134. The van der Waals surface area contributed by atoms with Gasteiger partial charge < -0.3 is 16.6 Å². The fourth-order valence-electron chi connectivity index (χ4n) is 0.607. The first-order valence-corrected chi connectivity index (χ1v) is 4.25. The summed E-state index contributed by atoms with van der Waals surface area (Å²) in [6.45, 7) is 1.08. The highest BCUT2D eigenvalue weighted by Crippen LogP contribution is 1.87. The molecule has 0 aliphatic carbocycles. The first-order chi connectivity index (χ1) is 7.52. The summed E-state index contributed by atoms with van der Waals surface area (Å²) in [6, 6.07) is 5.47. The number of nitrogens with two attached hydrogens (primary N) is 2. The topological polar surface area (TPSA) is 127 Å². The molecule has 0 aliphatic heterocycles. The average Bonchev–Trinajstić information content (AvgIpc) is 2.18. The van der Waals surface area contributed by atoms with Gasteiger partial charge in [0.2, 0.25) is 5.96 Å². The van der Waals surface area contributed by atoms with Gasteiger partial charge in [0, 0.05) is 13.1 Å². The van der Waals surface area contributed by atoms with Crippen molar-refractivity contribution in [3.63, 3.8) is 0 Å². The van der Waals surface area contributed by atoms with E-state index in [0.29, 0.717) is 5.69 Å². The molecule has 0 atom stereocenters. The predicted molar refractivity (Wildman–Crippen MR) is 61.0 cm³/mol. The molecule has 0 fully saturated rings. The van der Waals surface area contributed by atoms with Crippen LogP contribution >= 0.6 is 0 Å². The lowest BCUT2D eigenvalue weighted by atomic mass is 10.4. The first-order valence-electron chi connectivity index (χ1n) is 4.25. The molecule has 86 valence electrons. The van der Waals surface area contributed by atoms with Crippen LogP contribution in [-0.2, 0) is 4.79 Å². The number of nitrogens with zero attached hydrogens (tertiary/aromatic N) is 3. The van der Waals surface area contributed by atoms with Crippen molar-refractivity contribution in [2.75, 3.05) is 0 Å². The summed E-state index contributed by atoms with van der Waals surface area (Å²) in [5, 5.41) is 14.4. The van der Waals surface area contributed by atoms with E-state index in [4.69, 9.17) is 21.4 Å². The van der Waals surface area contributed by atoms with Crippen LogP contribution in [0, 0.1) is 0 Å². The highest BCUT2D eigenvalue weighted by molar-refractivity contribution is 5.79. The van der Waals surface area contributed by atoms with Crippen molar-refractivity contribution >= 4 is 18.1 Å². The molecule has 16 heavy (non-hydrogen) atoms. The van der Waals surface area contributed by atoms with Crippen LogP contribution in [0.25, 0.3) is 0 Å². The molecule has 0 aromatic carbocycles. The minimum Gasteiger partial charge on any atom is -0.481 e. The van der Waals surface area contributed by atoms with Gasteiger partial charge in [-0.25, -0.2) is 0 Å². The number of aliphatic carboxylic acids is 1. The Morgan fingerprint density at radius 1 is 1.50 bits per heavy atom. The minimum absolute atomic E-state index is 0.0674. The summed E-state index contributed by atoms with van der Waals surface area (Å²) in [5.74, 6) is -0.901. The Labute approximate surface area is 92.5 Å². The lowest BCUT2D eigenvalue weighted by Gasteiger charge is -1.87. The van der Waals surface area contributed by atoms with Crippen molar-refractivity contribution < 1.29 is 9.90 Å². The van der Waals surface area contributed by atoms with E-state index >= 15 is 0 Å². The fraction of sp³-hybridized carbons (Fsp3) is 0.111. The second kappa shape index (κ2) is 7.92. The molecule has 0 amide bonds. The number of aromatic nitrogens is 1. The highest BCUT2D eigenvalue weighted by Gasteiger charge is 1.83. The third-order valence-electron chi connectivity index (χ3n) is 1.05. The molecule has 5 N–H and O–H groups in total. The Hall–Kier alpha value is -2.44. The normalized spacial score (nSPS) is 9.06. The predicted octanol–water partition coefficient (Wildman–Crippen LogP) is -0.220. The van der Waals surface area contributed by atoms with Gasteiger partial charge >= 0.3 is 0 Å². The zero-order valence-electron chi connectivity index (χ0n) is 8.74. The lowest BCUT2D eigenvalue weighted by Crippen LogP contribution is -2.21. The minimum atomic E-state index is -0.833. The van der Waals surface area contributed by atoms with Gasteiger partial charge in [0.05, 0.1) is 11.9 Å². The van der Waals surface area contributed by atoms with Gasteiger partial charge in [-0.1, -0.05) is 6.07 Å². The van der Waals surface area contributed by atoms with E-state index in [1.807, 2.05) is 12.1 Å². The molecule has 7 nitrogen and oxygen atoms in total. The first kappa shape index (κ1) is 13.6. The maximum absolute atomic E-state index is 9.00. The third-order valence-corrected chi connectivity index (χ3v) is 1.05. The molecule has 1 aromatic heterocycles. The van der Waals surface area contributed by atoms with Crippen molar-refractivity contribution in [2.24, 2.45) is 21.7 Å². The number of guanidine groups is 1. The second-order valence-electron chi connectivity index (χ2n) is 2.54. The SMILES string of the molecule is CC(=O)O.NC(N)=N/N=C/c1ccccn1. The zero-order valence-corrected chi connectivity index (χ0v) is 8.74. The van der Waals surface area contributed by atoms with Crippen LogP contribution in [-0.4, -0.2) is 28.2 Å². The number of hydrogen-bond donors (Lipinski definition) is 3. The van der Waals surface area contributed by atoms with Crippen LogP contribution in [0.5, 0.6) is 0 Å². The fourth-order valence-corrected chi connectivity index (χ4v) is 0.607. The standard InChI is InChI=1S/C7H9N5.C2H4O2/c8-7(9)12-11-5-6-3-1-2-4-10-6;1-2(3)4/h1-5H,(H4,8,9,12);1H3,(H,3,4)/b11-5+;. The number of pyridine rings is 1. The Bertz CT molecular complexity index is 367. The maximum Gasteiger partial charge on any atom is 0.300 e.